The van der Waals surface area contributed by atoms with Crippen molar-refractivity contribution in [1.29, 1.82) is 0 Å². The smallest absolute Gasteiger partial charge is 0.257 e. The average Bonchev–Trinajstić information content (AvgIpc) is 3.47. The molecular weight excluding hydrogens is 408 g/mol. The molecule has 0 aliphatic carbocycles. The van der Waals surface area contributed by atoms with Gasteiger partial charge in [0.1, 0.15) is 0 Å². The van der Waals surface area contributed by atoms with E-state index in [4.69, 9.17) is 4.42 Å². The first kappa shape index (κ1) is 21.2. The Morgan fingerprint density at radius 3 is 2.65 bits per heavy atom. The lowest BCUT2D eigenvalue weighted by atomic mass is 10.1. The minimum atomic E-state index is 0.0605. The van der Waals surface area contributed by atoms with Crippen LogP contribution < -0.4 is 4.90 Å². The first-order chi connectivity index (χ1) is 15.2. The Labute approximate surface area is 186 Å². The summed E-state index contributed by atoms with van der Waals surface area (Å²) in [5, 5.41) is 12.5. The van der Waals surface area contributed by atoms with Crippen LogP contribution in [-0.4, -0.2) is 40.6 Å². The van der Waals surface area contributed by atoms with Gasteiger partial charge in [0.05, 0.1) is 23.7 Å². The predicted octanol–water partition coefficient (Wildman–Crippen LogP) is 5.22. The number of anilines is 1. The summed E-state index contributed by atoms with van der Waals surface area (Å²) in [4.78, 5) is 18.2. The molecule has 6 nitrogen and oxygen atoms in total. The van der Waals surface area contributed by atoms with Gasteiger partial charge in [-0.1, -0.05) is 49.4 Å². The monoisotopic (exact) mass is 434 g/mol. The van der Waals surface area contributed by atoms with Crippen LogP contribution in [0.25, 0.3) is 21.5 Å². The van der Waals surface area contributed by atoms with E-state index < -0.39 is 0 Å². The number of carbonyl (C=O) groups is 1. The lowest BCUT2D eigenvalue weighted by Gasteiger charge is -2.26. The number of nitrogens with zero attached hydrogens (tertiary/aromatic N) is 4. The van der Waals surface area contributed by atoms with Gasteiger partial charge in [-0.2, -0.15) is 0 Å². The number of benzene rings is 2. The maximum atomic E-state index is 13.3. The molecular formula is C24H26N4O2S. The standard InChI is InChI=1S/C24H26N4O2S/c1-3-14-27(16-22-25-26-24(30-22)21-13-8-15-31-21)17-23(29)28(4-2)20-12-7-10-18-9-5-6-11-19(18)20/h5-13,15H,3-4,14,16-17H2,1-2H3. The molecule has 0 radical (unpaired) electrons. The van der Waals surface area contributed by atoms with Crippen molar-refractivity contribution in [3.8, 4) is 10.8 Å². The van der Waals surface area contributed by atoms with E-state index in [1.54, 1.807) is 11.3 Å². The summed E-state index contributed by atoms with van der Waals surface area (Å²) in [6.07, 6.45) is 0.930. The third kappa shape index (κ3) is 4.84. The highest BCUT2D eigenvalue weighted by Gasteiger charge is 2.21. The van der Waals surface area contributed by atoms with Crippen molar-refractivity contribution < 1.29 is 9.21 Å². The summed E-state index contributed by atoms with van der Waals surface area (Å²) < 4.78 is 5.84. The lowest BCUT2D eigenvalue weighted by molar-refractivity contribution is -0.119. The van der Waals surface area contributed by atoms with E-state index >= 15 is 0 Å². The van der Waals surface area contributed by atoms with Gasteiger partial charge in [0.15, 0.2) is 0 Å². The molecule has 0 aliphatic heterocycles. The van der Waals surface area contributed by atoms with Crippen molar-refractivity contribution in [1.82, 2.24) is 15.1 Å². The minimum absolute atomic E-state index is 0.0605. The number of thiophene rings is 1. The van der Waals surface area contributed by atoms with Crippen LogP contribution in [0.3, 0.4) is 0 Å². The molecule has 2 aromatic heterocycles. The molecule has 2 heterocycles. The van der Waals surface area contributed by atoms with Gasteiger partial charge in [-0.3, -0.25) is 9.69 Å². The Morgan fingerprint density at radius 2 is 1.87 bits per heavy atom. The molecule has 1 amide bonds. The zero-order valence-electron chi connectivity index (χ0n) is 17.8. The van der Waals surface area contributed by atoms with Gasteiger partial charge in [-0.15, -0.1) is 21.5 Å². The second-order valence-corrected chi connectivity index (χ2v) is 8.27. The first-order valence-corrected chi connectivity index (χ1v) is 11.4. The zero-order chi connectivity index (χ0) is 21.6. The fourth-order valence-corrected chi connectivity index (χ4v) is 4.38. The molecule has 31 heavy (non-hydrogen) atoms. The van der Waals surface area contributed by atoms with Crippen LogP contribution in [0.1, 0.15) is 26.2 Å². The van der Waals surface area contributed by atoms with Gasteiger partial charge in [0, 0.05) is 11.9 Å². The highest BCUT2D eigenvalue weighted by Crippen LogP contribution is 2.27. The molecule has 0 N–H and O–H groups in total. The molecule has 0 bridgehead atoms. The summed E-state index contributed by atoms with van der Waals surface area (Å²) in [7, 11) is 0. The third-order valence-corrected chi connectivity index (χ3v) is 5.99. The number of hydrogen-bond donors (Lipinski definition) is 0. The minimum Gasteiger partial charge on any atom is -0.419 e. The van der Waals surface area contributed by atoms with Crippen LogP contribution in [0.2, 0.25) is 0 Å². The van der Waals surface area contributed by atoms with E-state index in [1.165, 1.54) is 0 Å². The van der Waals surface area contributed by atoms with Crippen molar-refractivity contribution in [2.24, 2.45) is 0 Å². The van der Waals surface area contributed by atoms with Crippen molar-refractivity contribution in [3.63, 3.8) is 0 Å². The van der Waals surface area contributed by atoms with Crippen molar-refractivity contribution >= 4 is 33.7 Å². The van der Waals surface area contributed by atoms with E-state index in [-0.39, 0.29) is 5.91 Å². The number of rotatable bonds is 9. The van der Waals surface area contributed by atoms with Crippen molar-refractivity contribution in [2.45, 2.75) is 26.8 Å². The van der Waals surface area contributed by atoms with Gasteiger partial charge in [-0.25, -0.2) is 0 Å². The topological polar surface area (TPSA) is 62.5 Å². The molecule has 0 saturated heterocycles. The fraction of sp³-hybridized carbons (Fsp3) is 0.292. The van der Waals surface area contributed by atoms with Crippen LogP contribution in [0, 0.1) is 0 Å². The van der Waals surface area contributed by atoms with Crippen molar-refractivity contribution in [2.75, 3.05) is 24.5 Å². The summed E-state index contributed by atoms with van der Waals surface area (Å²) in [5.41, 5.74) is 0.944. The Kier molecular flexibility index (Phi) is 6.74. The summed E-state index contributed by atoms with van der Waals surface area (Å²) in [6.45, 7) is 6.23. The molecule has 0 spiro atoms. The largest absolute Gasteiger partial charge is 0.419 e. The Hall–Kier alpha value is -3.03. The van der Waals surface area contributed by atoms with Crippen LogP contribution in [0.5, 0.6) is 0 Å². The second-order valence-electron chi connectivity index (χ2n) is 7.33. The van der Waals surface area contributed by atoms with Gasteiger partial charge in [0.2, 0.25) is 11.8 Å². The van der Waals surface area contributed by atoms with Gasteiger partial charge < -0.3 is 9.32 Å². The molecule has 0 unspecified atom stereocenters. The number of hydrogen-bond acceptors (Lipinski definition) is 6. The third-order valence-electron chi connectivity index (χ3n) is 5.13. The predicted molar refractivity (Wildman–Crippen MR) is 125 cm³/mol. The second kappa shape index (κ2) is 9.85. The molecule has 4 aromatic rings. The van der Waals surface area contributed by atoms with E-state index in [1.807, 2.05) is 53.6 Å². The average molecular weight is 435 g/mol. The quantitative estimate of drug-likeness (QED) is 0.362. The number of fused-ring (bicyclic) bond motifs is 1. The Balaban J connectivity index is 1.51. The van der Waals surface area contributed by atoms with Crippen LogP contribution in [0.4, 0.5) is 5.69 Å². The molecule has 0 saturated carbocycles. The van der Waals surface area contributed by atoms with Gasteiger partial charge in [0.25, 0.3) is 5.89 Å². The van der Waals surface area contributed by atoms with E-state index in [0.717, 1.165) is 34.3 Å². The maximum absolute atomic E-state index is 13.3. The van der Waals surface area contributed by atoms with E-state index in [2.05, 4.69) is 40.2 Å². The van der Waals surface area contributed by atoms with Crippen LogP contribution in [0.15, 0.2) is 64.4 Å². The molecule has 0 atom stereocenters. The molecule has 0 aliphatic rings. The lowest BCUT2D eigenvalue weighted by Crippen LogP contribution is -2.40. The van der Waals surface area contributed by atoms with E-state index in [9.17, 15) is 4.79 Å². The molecule has 7 heteroatoms. The number of carbonyl (C=O) groups excluding carboxylic acids is 1. The van der Waals surface area contributed by atoms with Gasteiger partial charge >= 0.3 is 0 Å². The molecule has 4 rings (SSSR count). The highest BCUT2D eigenvalue weighted by molar-refractivity contribution is 7.13. The summed E-state index contributed by atoms with van der Waals surface area (Å²) in [5.74, 6) is 1.11. The summed E-state index contributed by atoms with van der Waals surface area (Å²) >= 11 is 1.56. The zero-order valence-corrected chi connectivity index (χ0v) is 18.6. The first-order valence-electron chi connectivity index (χ1n) is 10.6. The van der Waals surface area contributed by atoms with Gasteiger partial charge in [-0.05, 0) is 42.8 Å². The Bertz CT molecular complexity index is 1130. The Morgan fingerprint density at radius 1 is 1.03 bits per heavy atom. The SMILES string of the molecule is CCCN(CC(=O)N(CC)c1cccc2ccccc12)Cc1nnc(-c2cccs2)o1. The number of likely N-dealkylation sites (N-methyl/N-ethyl adjacent to an activating group) is 1. The van der Waals surface area contributed by atoms with Crippen molar-refractivity contribution in [3.05, 3.63) is 65.9 Å². The highest BCUT2D eigenvalue weighted by atomic mass is 32.1. The fourth-order valence-electron chi connectivity index (χ4n) is 3.74. The summed E-state index contributed by atoms with van der Waals surface area (Å²) in [6, 6.07) is 18.2. The normalized spacial score (nSPS) is 11.3. The van der Waals surface area contributed by atoms with E-state index in [0.29, 0.717) is 31.4 Å². The number of aromatic nitrogens is 2. The van der Waals surface area contributed by atoms with Crippen LogP contribution in [-0.2, 0) is 11.3 Å². The van der Waals surface area contributed by atoms with Crippen LogP contribution >= 0.6 is 11.3 Å². The number of amides is 1. The molecule has 0 fully saturated rings. The maximum Gasteiger partial charge on any atom is 0.257 e. The molecule has 2 aromatic carbocycles. The molecule has 160 valence electrons.